The van der Waals surface area contributed by atoms with Crippen LogP contribution in [0.2, 0.25) is 0 Å². The molecule has 236 valence electrons. The number of alkyl halides is 3. The van der Waals surface area contributed by atoms with Gasteiger partial charge in [0.05, 0.1) is 17.6 Å². The van der Waals surface area contributed by atoms with Crippen molar-refractivity contribution in [1.82, 2.24) is 10.2 Å². The summed E-state index contributed by atoms with van der Waals surface area (Å²) in [4.78, 5) is 46.9. The number of esters is 1. The molecule has 1 saturated heterocycles. The zero-order valence-corrected chi connectivity index (χ0v) is 23.4. The normalized spacial score (nSPS) is 28.1. The number of likely N-dealkylation sites (tertiary alicyclic amines) is 1. The summed E-state index contributed by atoms with van der Waals surface area (Å²) in [5, 5.41) is 43.1. The Morgan fingerprint density at radius 2 is 1.98 bits per heavy atom. The minimum absolute atomic E-state index is 0.159. The SMILES string of the molecule is C[C@H](O)C(=O)N[C@@H](CCC(=O)OC1=CC[C@@]2(O)[C@H]3Cc4ccc(CO)c5c4[C@@]2(CCN3C)[C@H]1O5)C(=O)O.O=CC(F)(F)F. The van der Waals surface area contributed by atoms with Crippen LogP contribution in [-0.4, -0.2) is 99.1 Å². The molecule has 4 aliphatic rings. The van der Waals surface area contributed by atoms with Crippen LogP contribution in [0.3, 0.4) is 0 Å². The van der Waals surface area contributed by atoms with Gasteiger partial charge in [0.15, 0.2) is 6.10 Å². The van der Waals surface area contributed by atoms with Gasteiger partial charge in [-0.25, -0.2) is 4.79 Å². The average Bonchev–Trinajstić information content (AvgIpc) is 3.30. The summed E-state index contributed by atoms with van der Waals surface area (Å²) >= 11 is 0. The summed E-state index contributed by atoms with van der Waals surface area (Å²) in [5.41, 5.74) is 0.515. The summed E-state index contributed by atoms with van der Waals surface area (Å²) < 4.78 is 43.4. The lowest BCUT2D eigenvalue weighted by molar-refractivity contribution is -0.169. The molecule has 0 radical (unpaired) electrons. The molecule has 12 nitrogen and oxygen atoms in total. The Kier molecular flexibility index (Phi) is 8.94. The number of carboxylic acid groups (broad SMARTS) is 1. The number of likely N-dealkylation sites (N-methyl/N-ethyl adjacent to an activating group) is 1. The van der Waals surface area contributed by atoms with Crippen LogP contribution in [-0.2, 0) is 42.4 Å². The standard InChI is InChI=1S/C26H32N2O9.C2HF3O/c1-13(30)23(32)27-16(24(33)34)5-6-19(31)36-17-7-8-26(35)18-11-14-3-4-15(12-29)21-20(14)25(26,22(17)37-21)9-10-28(18)2;3-2(4,5)1-6/h3-4,7,13,16,18,22,29-30,35H,5-6,8-12H2,1-2H3,(H,27,32)(H,33,34);1H/t13-,16-,18+,22-,25-,26+;/m0./s1. The molecule has 5 N–H and O–H groups in total. The van der Waals surface area contributed by atoms with Crippen LogP contribution in [0.4, 0.5) is 13.2 Å². The molecular formula is C28H33F3N2O10. The fourth-order valence-corrected chi connectivity index (χ4v) is 6.63. The molecule has 6 atom stereocenters. The average molecular weight is 615 g/mol. The number of nitrogens with one attached hydrogen (secondary N) is 1. The zero-order chi connectivity index (χ0) is 31.9. The maximum atomic E-state index is 12.8. The Hall–Kier alpha value is -3.53. The second kappa shape index (κ2) is 11.9. The first-order valence-corrected chi connectivity index (χ1v) is 13.6. The van der Waals surface area contributed by atoms with Crippen molar-refractivity contribution in [2.45, 2.75) is 87.1 Å². The number of hydrogen-bond acceptors (Lipinski definition) is 10. The number of aliphatic carboxylic acids is 1. The van der Waals surface area contributed by atoms with Crippen molar-refractivity contribution in [3.8, 4) is 5.75 Å². The molecule has 5 rings (SSSR count). The quantitative estimate of drug-likeness (QED) is 0.203. The third kappa shape index (κ3) is 5.73. The molecule has 1 aromatic carbocycles. The second-order valence-electron chi connectivity index (χ2n) is 11.1. The van der Waals surface area contributed by atoms with E-state index < -0.39 is 59.6 Å². The van der Waals surface area contributed by atoms with Crippen molar-refractivity contribution in [3.63, 3.8) is 0 Å². The number of ether oxygens (including phenoxy) is 2. The Labute approximate surface area is 244 Å². The van der Waals surface area contributed by atoms with Crippen LogP contribution in [0.5, 0.6) is 5.75 Å². The van der Waals surface area contributed by atoms with Crippen molar-refractivity contribution in [2.24, 2.45) is 0 Å². The lowest BCUT2D eigenvalue weighted by Gasteiger charge is -2.61. The smallest absolute Gasteiger partial charge is 0.446 e. The predicted molar refractivity (Wildman–Crippen MR) is 140 cm³/mol. The highest BCUT2D eigenvalue weighted by molar-refractivity contribution is 5.86. The fraction of sp³-hybridized carbons (Fsp3) is 0.571. The first kappa shape index (κ1) is 32.4. The van der Waals surface area contributed by atoms with Crippen molar-refractivity contribution < 1.29 is 62.2 Å². The van der Waals surface area contributed by atoms with Gasteiger partial charge in [-0.3, -0.25) is 14.4 Å². The Morgan fingerprint density at radius 1 is 1.30 bits per heavy atom. The van der Waals surface area contributed by atoms with Gasteiger partial charge in [0.2, 0.25) is 12.2 Å². The number of nitrogens with zero attached hydrogens (tertiary/aromatic N) is 1. The molecule has 2 aliphatic heterocycles. The summed E-state index contributed by atoms with van der Waals surface area (Å²) in [6, 6.07) is 2.27. The molecule has 1 spiro atoms. The Morgan fingerprint density at radius 3 is 2.56 bits per heavy atom. The van der Waals surface area contributed by atoms with Gasteiger partial charge in [-0.1, -0.05) is 12.1 Å². The van der Waals surface area contributed by atoms with Crippen molar-refractivity contribution >= 4 is 24.1 Å². The molecule has 2 heterocycles. The zero-order valence-electron chi connectivity index (χ0n) is 23.4. The highest BCUT2D eigenvalue weighted by atomic mass is 19.4. The summed E-state index contributed by atoms with van der Waals surface area (Å²) in [7, 11) is 1.99. The lowest BCUT2D eigenvalue weighted by atomic mass is 9.50. The van der Waals surface area contributed by atoms with E-state index in [-0.39, 0.29) is 37.7 Å². The van der Waals surface area contributed by atoms with Crippen LogP contribution in [0.15, 0.2) is 24.0 Å². The molecule has 43 heavy (non-hydrogen) atoms. The van der Waals surface area contributed by atoms with E-state index in [4.69, 9.17) is 14.3 Å². The number of benzene rings is 1. The van der Waals surface area contributed by atoms with Crippen molar-refractivity contribution in [1.29, 1.82) is 0 Å². The van der Waals surface area contributed by atoms with Gasteiger partial charge in [0.1, 0.15) is 23.7 Å². The van der Waals surface area contributed by atoms with Crippen LogP contribution >= 0.6 is 0 Å². The molecule has 0 aromatic heterocycles. The van der Waals surface area contributed by atoms with E-state index >= 15 is 0 Å². The third-order valence-corrected chi connectivity index (χ3v) is 8.62. The number of halogens is 3. The Balaban J connectivity index is 0.000000641. The highest BCUT2D eigenvalue weighted by Gasteiger charge is 2.71. The number of rotatable bonds is 8. The van der Waals surface area contributed by atoms with E-state index in [1.807, 2.05) is 19.2 Å². The minimum atomic E-state index is -4.64. The molecule has 0 unspecified atom stereocenters. The number of amides is 1. The van der Waals surface area contributed by atoms with Gasteiger partial charge in [-0.05, 0) is 51.4 Å². The number of aliphatic hydroxyl groups excluding tert-OH is 2. The van der Waals surface area contributed by atoms with Crippen LogP contribution in [0, 0.1) is 0 Å². The highest BCUT2D eigenvalue weighted by Crippen LogP contribution is 2.64. The van der Waals surface area contributed by atoms with Crippen LogP contribution in [0.1, 0.15) is 49.3 Å². The number of carboxylic acids is 1. The van der Waals surface area contributed by atoms with E-state index in [0.29, 0.717) is 30.7 Å². The van der Waals surface area contributed by atoms with Crippen molar-refractivity contribution in [2.75, 3.05) is 13.6 Å². The van der Waals surface area contributed by atoms with Gasteiger partial charge in [0, 0.05) is 30.0 Å². The van der Waals surface area contributed by atoms with Crippen LogP contribution in [0.25, 0.3) is 0 Å². The molecule has 2 aliphatic carbocycles. The van der Waals surface area contributed by atoms with Gasteiger partial charge in [0.25, 0.3) is 0 Å². The van der Waals surface area contributed by atoms with Crippen LogP contribution < -0.4 is 10.1 Å². The van der Waals surface area contributed by atoms with E-state index in [1.165, 1.54) is 6.92 Å². The fourth-order valence-electron chi connectivity index (χ4n) is 6.63. The van der Waals surface area contributed by atoms with Gasteiger partial charge < -0.3 is 40.1 Å². The number of hydrogen-bond donors (Lipinski definition) is 5. The second-order valence-corrected chi connectivity index (χ2v) is 11.1. The van der Waals surface area contributed by atoms with E-state index in [2.05, 4.69) is 10.2 Å². The van der Waals surface area contributed by atoms with E-state index in [1.54, 1.807) is 6.08 Å². The van der Waals surface area contributed by atoms with E-state index in [9.17, 15) is 48.0 Å². The third-order valence-electron chi connectivity index (χ3n) is 8.62. The number of carbonyl (C=O) groups excluding carboxylic acids is 3. The van der Waals surface area contributed by atoms with E-state index in [0.717, 1.165) is 11.1 Å². The largest absolute Gasteiger partial charge is 0.481 e. The maximum absolute atomic E-state index is 12.8. The number of carbonyl (C=O) groups is 4. The molecule has 0 saturated carbocycles. The molecule has 2 bridgehead atoms. The van der Waals surface area contributed by atoms with Gasteiger partial charge in [-0.2, -0.15) is 13.2 Å². The molecule has 1 amide bonds. The Bertz CT molecular complexity index is 1330. The lowest BCUT2D eigenvalue weighted by Crippen LogP contribution is -2.74. The van der Waals surface area contributed by atoms with Crippen molar-refractivity contribution in [3.05, 3.63) is 40.7 Å². The molecular weight excluding hydrogens is 581 g/mol. The topological polar surface area (TPSA) is 183 Å². The number of piperidine rings is 1. The maximum Gasteiger partial charge on any atom is 0.446 e. The minimum Gasteiger partial charge on any atom is -0.481 e. The first-order valence-electron chi connectivity index (χ1n) is 13.6. The number of aldehydes is 1. The predicted octanol–water partition coefficient (Wildman–Crippen LogP) is 0.478. The summed E-state index contributed by atoms with van der Waals surface area (Å²) in [6.45, 7) is 1.69. The monoisotopic (exact) mass is 614 g/mol. The van der Waals surface area contributed by atoms with Gasteiger partial charge in [-0.15, -0.1) is 0 Å². The molecule has 1 aromatic rings. The first-order chi connectivity index (χ1) is 20.1. The number of aliphatic hydroxyl groups is 3. The van der Waals surface area contributed by atoms with Gasteiger partial charge >= 0.3 is 18.1 Å². The summed E-state index contributed by atoms with van der Waals surface area (Å²) in [6.07, 6.45) is -5.28. The molecule has 15 heteroatoms. The summed E-state index contributed by atoms with van der Waals surface area (Å²) in [5.74, 6) is -2.10. The molecule has 1 fully saturated rings.